The van der Waals surface area contributed by atoms with Gasteiger partial charge in [0.15, 0.2) is 0 Å². The zero-order chi connectivity index (χ0) is 12.3. The molecule has 0 unspecified atom stereocenters. The summed E-state index contributed by atoms with van der Waals surface area (Å²) in [5.41, 5.74) is 1.19. The van der Waals surface area contributed by atoms with Gasteiger partial charge >= 0.3 is 6.18 Å². The molecule has 0 atom stereocenters. The summed E-state index contributed by atoms with van der Waals surface area (Å²) >= 11 is 0. The third-order valence-electron chi connectivity index (χ3n) is 2.26. The molecule has 0 bridgehead atoms. The van der Waals surface area contributed by atoms with Crippen LogP contribution in [-0.4, -0.2) is 11.7 Å². The van der Waals surface area contributed by atoms with Crippen molar-refractivity contribution in [1.82, 2.24) is 0 Å². The van der Waals surface area contributed by atoms with Crippen molar-refractivity contribution in [3.63, 3.8) is 0 Å². The molecule has 1 aromatic carbocycles. The molecule has 0 fully saturated rings. The Labute approximate surface area is 92.2 Å². The Morgan fingerprint density at radius 2 is 2.00 bits per heavy atom. The van der Waals surface area contributed by atoms with Crippen molar-refractivity contribution in [2.75, 3.05) is 6.61 Å². The lowest BCUT2D eigenvalue weighted by atomic mass is 10.0. The van der Waals surface area contributed by atoms with E-state index in [1.807, 2.05) is 0 Å². The summed E-state index contributed by atoms with van der Waals surface area (Å²) in [6.07, 6.45) is -2.77. The molecule has 1 nitrogen and oxygen atoms in total. The molecule has 0 spiro atoms. The number of halogens is 3. The topological polar surface area (TPSA) is 20.2 Å². The highest BCUT2D eigenvalue weighted by Crippen LogP contribution is 2.30. The number of aliphatic hydroxyl groups is 1. The molecule has 1 aromatic rings. The van der Waals surface area contributed by atoms with E-state index in [0.29, 0.717) is 11.1 Å². The van der Waals surface area contributed by atoms with E-state index in [9.17, 15) is 13.2 Å². The Morgan fingerprint density at radius 3 is 2.50 bits per heavy atom. The molecule has 1 rings (SSSR count). The third-order valence-corrected chi connectivity index (χ3v) is 2.26. The maximum absolute atomic E-state index is 12.4. The Kier molecular flexibility index (Phi) is 3.75. The minimum absolute atomic E-state index is 0.157. The molecule has 1 N–H and O–H groups in total. The fraction of sp³-hybridized carbons (Fsp3) is 0.333. The Bertz CT molecular complexity index is 405. The molecule has 88 valence electrons. The predicted molar refractivity (Wildman–Crippen MR) is 56.9 cm³/mol. The average Bonchev–Trinajstić information content (AvgIpc) is 2.19. The number of alkyl halides is 3. The van der Waals surface area contributed by atoms with Gasteiger partial charge in [0, 0.05) is 0 Å². The lowest BCUT2D eigenvalue weighted by Crippen LogP contribution is -2.05. The largest absolute Gasteiger partial charge is 0.416 e. The lowest BCUT2D eigenvalue weighted by Gasteiger charge is -2.09. The first-order valence-corrected chi connectivity index (χ1v) is 4.80. The fourth-order valence-corrected chi connectivity index (χ4v) is 1.28. The molecule has 0 aliphatic rings. The van der Waals surface area contributed by atoms with E-state index >= 15 is 0 Å². The summed E-state index contributed by atoms with van der Waals surface area (Å²) in [4.78, 5) is 0. The average molecular weight is 230 g/mol. The molecular formula is C12H13F3O. The zero-order valence-electron chi connectivity index (χ0n) is 9.10. The first-order valence-electron chi connectivity index (χ1n) is 4.80. The molecule has 4 heteroatoms. The number of aryl methyl sites for hydroxylation is 1. The summed E-state index contributed by atoms with van der Waals surface area (Å²) in [7, 11) is 0. The quantitative estimate of drug-likeness (QED) is 0.825. The molecule has 0 aromatic heterocycles. The Morgan fingerprint density at radius 1 is 1.38 bits per heavy atom. The smallest absolute Gasteiger partial charge is 0.392 e. The molecule has 0 amide bonds. The SMILES string of the molecule is C/C(=C\c1cc(C(F)(F)F)ccc1C)CO. The highest BCUT2D eigenvalue weighted by atomic mass is 19.4. The van der Waals surface area contributed by atoms with Crippen LogP contribution in [0.15, 0.2) is 23.8 Å². The van der Waals surface area contributed by atoms with Crippen molar-refractivity contribution in [1.29, 1.82) is 0 Å². The van der Waals surface area contributed by atoms with Crippen LogP contribution in [0, 0.1) is 6.92 Å². The minimum Gasteiger partial charge on any atom is -0.392 e. The Hall–Kier alpha value is -1.29. The molecule has 0 saturated heterocycles. The van der Waals surface area contributed by atoms with Gasteiger partial charge in [-0.3, -0.25) is 0 Å². The second kappa shape index (κ2) is 4.70. The van der Waals surface area contributed by atoms with Crippen molar-refractivity contribution in [3.8, 4) is 0 Å². The molecule has 0 aliphatic carbocycles. The fourth-order valence-electron chi connectivity index (χ4n) is 1.28. The van der Waals surface area contributed by atoms with Gasteiger partial charge in [0.1, 0.15) is 0 Å². The molecule has 0 saturated carbocycles. The zero-order valence-corrected chi connectivity index (χ0v) is 9.10. The van der Waals surface area contributed by atoms with Crippen molar-refractivity contribution < 1.29 is 18.3 Å². The van der Waals surface area contributed by atoms with Crippen molar-refractivity contribution in [2.45, 2.75) is 20.0 Å². The van der Waals surface area contributed by atoms with Crippen molar-refractivity contribution in [2.24, 2.45) is 0 Å². The number of benzene rings is 1. The maximum atomic E-state index is 12.4. The van der Waals surface area contributed by atoms with Gasteiger partial charge in [-0.1, -0.05) is 12.1 Å². The highest BCUT2D eigenvalue weighted by Gasteiger charge is 2.30. The van der Waals surface area contributed by atoms with Crippen LogP contribution >= 0.6 is 0 Å². The van der Waals surface area contributed by atoms with Crippen LogP contribution in [0.5, 0.6) is 0 Å². The summed E-state index contributed by atoms with van der Waals surface area (Å²) < 4.78 is 37.3. The van der Waals surface area contributed by atoms with Gasteiger partial charge in [-0.2, -0.15) is 13.2 Å². The predicted octanol–water partition coefficient (Wildman–Crippen LogP) is 3.41. The molecule has 0 aliphatic heterocycles. The monoisotopic (exact) mass is 230 g/mol. The van der Waals surface area contributed by atoms with Crippen molar-refractivity contribution in [3.05, 3.63) is 40.5 Å². The van der Waals surface area contributed by atoms with Crippen molar-refractivity contribution >= 4 is 6.08 Å². The van der Waals surface area contributed by atoms with Crippen LogP contribution in [0.25, 0.3) is 6.08 Å². The van der Waals surface area contributed by atoms with Gasteiger partial charge in [0.05, 0.1) is 12.2 Å². The summed E-state index contributed by atoms with van der Waals surface area (Å²) in [5.74, 6) is 0. The number of hydrogen-bond donors (Lipinski definition) is 1. The molecule has 0 heterocycles. The van der Waals surface area contributed by atoms with E-state index in [1.54, 1.807) is 19.9 Å². The highest BCUT2D eigenvalue weighted by molar-refractivity contribution is 5.57. The van der Waals surface area contributed by atoms with Gasteiger partial charge < -0.3 is 5.11 Å². The van der Waals surface area contributed by atoms with Gasteiger partial charge in [0.2, 0.25) is 0 Å². The molecule has 16 heavy (non-hydrogen) atoms. The molecule has 0 radical (unpaired) electrons. The van der Waals surface area contributed by atoms with Gasteiger partial charge in [-0.15, -0.1) is 0 Å². The van der Waals surface area contributed by atoms with Crippen LogP contribution in [0.3, 0.4) is 0 Å². The van der Waals surface area contributed by atoms with Gasteiger partial charge in [-0.05, 0) is 42.7 Å². The van der Waals surface area contributed by atoms with E-state index < -0.39 is 11.7 Å². The van der Waals surface area contributed by atoms with E-state index in [4.69, 9.17) is 5.11 Å². The van der Waals surface area contributed by atoms with Crippen LogP contribution in [0.1, 0.15) is 23.6 Å². The minimum atomic E-state index is -4.33. The first-order chi connectivity index (χ1) is 7.34. The maximum Gasteiger partial charge on any atom is 0.416 e. The second-order valence-electron chi connectivity index (χ2n) is 3.72. The summed E-state index contributed by atoms with van der Waals surface area (Å²) in [5, 5.41) is 8.83. The standard InChI is InChI=1S/C12H13F3O/c1-8(7-16)5-10-6-11(12(13,14)15)4-3-9(10)2/h3-6,16H,7H2,1-2H3/b8-5+. The summed E-state index contributed by atoms with van der Waals surface area (Å²) in [6.45, 7) is 3.24. The lowest BCUT2D eigenvalue weighted by molar-refractivity contribution is -0.137. The normalized spacial score (nSPS) is 13.0. The van der Waals surface area contributed by atoms with Crippen LogP contribution in [-0.2, 0) is 6.18 Å². The van der Waals surface area contributed by atoms with E-state index in [0.717, 1.165) is 17.7 Å². The van der Waals surface area contributed by atoms with E-state index in [1.165, 1.54) is 6.07 Å². The van der Waals surface area contributed by atoms with Gasteiger partial charge in [0.25, 0.3) is 0 Å². The Balaban J connectivity index is 3.19. The van der Waals surface area contributed by atoms with Crippen LogP contribution in [0.2, 0.25) is 0 Å². The number of aliphatic hydroxyl groups excluding tert-OH is 1. The van der Waals surface area contributed by atoms with E-state index in [2.05, 4.69) is 0 Å². The first kappa shape index (κ1) is 12.8. The van der Waals surface area contributed by atoms with Crippen LogP contribution in [0.4, 0.5) is 13.2 Å². The number of rotatable bonds is 2. The van der Waals surface area contributed by atoms with Gasteiger partial charge in [-0.25, -0.2) is 0 Å². The van der Waals surface area contributed by atoms with E-state index in [-0.39, 0.29) is 6.61 Å². The molecular weight excluding hydrogens is 217 g/mol. The third kappa shape index (κ3) is 3.10. The summed E-state index contributed by atoms with van der Waals surface area (Å²) in [6, 6.07) is 3.58. The van der Waals surface area contributed by atoms with Crippen LogP contribution < -0.4 is 0 Å². The number of hydrogen-bond acceptors (Lipinski definition) is 1. The second-order valence-corrected chi connectivity index (χ2v) is 3.72.